The number of carbonyl (C=O) groups is 1. The summed E-state index contributed by atoms with van der Waals surface area (Å²) in [5.41, 5.74) is 1.82. The molecule has 3 heteroatoms. The largest absolute Gasteiger partial charge is 0.469 e. The highest BCUT2D eigenvalue weighted by Crippen LogP contribution is 2.27. The van der Waals surface area contributed by atoms with Crippen molar-refractivity contribution in [1.82, 2.24) is 4.98 Å². The molecule has 2 aromatic rings. The molecule has 0 amide bonds. The Bertz CT molecular complexity index is 531. The Morgan fingerprint density at radius 3 is 2.82 bits per heavy atom. The summed E-state index contributed by atoms with van der Waals surface area (Å²) < 4.78 is 4.84. The Kier molecular flexibility index (Phi) is 3.38. The fourth-order valence-corrected chi connectivity index (χ4v) is 2.06. The van der Waals surface area contributed by atoms with Crippen LogP contribution in [0.25, 0.3) is 10.9 Å². The van der Waals surface area contributed by atoms with Gasteiger partial charge in [-0.25, -0.2) is 0 Å². The Morgan fingerprint density at radius 2 is 2.12 bits per heavy atom. The molecule has 2 rings (SSSR count). The summed E-state index contributed by atoms with van der Waals surface area (Å²) in [6, 6.07) is 9.78. The molecule has 0 bridgehead atoms. The van der Waals surface area contributed by atoms with Crippen LogP contribution in [0.15, 0.2) is 36.5 Å². The van der Waals surface area contributed by atoms with E-state index < -0.39 is 0 Å². The molecule has 0 aliphatic heterocycles. The van der Waals surface area contributed by atoms with Crippen LogP contribution in [0.2, 0.25) is 0 Å². The van der Waals surface area contributed by atoms with Crippen molar-refractivity contribution < 1.29 is 9.53 Å². The second kappa shape index (κ2) is 4.95. The standard InChI is InChI=1S/C14H15NO2/c1-3-11(14(16)17-2)12-8-4-6-10-7-5-9-15-13(10)12/h4-9,11H,3H2,1-2H3. The van der Waals surface area contributed by atoms with Crippen molar-refractivity contribution in [3.63, 3.8) is 0 Å². The molecule has 3 nitrogen and oxygen atoms in total. The predicted octanol–water partition coefficient (Wildman–Crippen LogP) is 2.90. The van der Waals surface area contributed by atoms with Crippen LogP contribution in [0.5, 0.6) is 0 Å². The summed E-state index contributed by atoms with van der Waals surface area (Å²) in [7, 11) is 1.42. The Labute approximate surface area is 100 Å². The fraction of sp³-hybridized carbons (Fsp3) is 0.286. The van der Waals surface area contributed by atoms with Crippen LogP contribution in [0.1, 0.15) is 24.8 Å². The van der Waals surface area contributed by atoms with Crippen molar-refractivity contribution in [2.24, 2.45) is 0 Å². The summed E-state index contributed by atoms with van der Waals surface area (Å²) in [4.78, 5) is 16.1. The molecule has 0 saturated carbocycles. The van der Waals surface area contributed by atoms with E-state index in [1.165, 1.54) is 7.11 Å². The number of nitrogens with zero attached hydrogens (tertiary/aromatic N) is 1. The van der Waals surface area contributed by atoms with Gasteiger partial charge in [-0.05, 0) is 18.1 Å². The number of hydrogen-bond donors (Lipinski definition) is 0. The molecule has 88 valence electrons. The predicted molar refractivity (Wildman–Crippen MR) is 66.8 cm³/mol. The number of hydrogen-bond acceptors (Lipinski definition) is 3. The zero-order valence-electron chi connectivity index (χ0n) is 10.0. The van der Waals surface area contributed by atoms with Gasteiger partial charge in [0.2, 0.25) is 0 Å². The fourth-order valence-electron chi connectivity index (χ4n) is 2.06. The summed E-state index contributed by atoms with van der Waals surface area (Å²) >= 11 is 0. The highest BCUT2D eigenvalue weighted by Gasteiger charge is 2.21. The van der Waals surface area contributed by atoms with E-state index in [9.17, 15) is 4.79 Å². The number of pyridine rings is 1. The smallest absolute Gasteiger partial charge is 0.313 e. The highest BCUT2D eigenvalue weighted by molar-refractivity contribution is 5.88. The maximum absolute atomic E-state index is 11.7. The molecule has 1 aromatic heterocycles. The number of methoxy groups -OCH3 is 1. The second-order valence-corrected chi connectivity index (χ2v) is 3.91. The van der Waals surface area contributed by atoms with Gasteiger partial charge in [0.25, 0.3) is 0 Å². The van der Waals surface area contributed by atoms with E-state index >= 15 is 0 Å². The first kappa shape index (κ1) is 11.6. The lowest BCUT2D eigenvalue weighted by Gasteiger charge is -2.14. The third-order valence-electron chi connectivity index (χ3n) is 2.93. The van der Waals surface area contributed by atoms with Crippen LogP contribution in [0.3, 0.4) is 0 Å². The second-order valence-electron chi connectivity index (χ2n) is 3.91. The topological polar surface area (TPSA) is 39.2 Å². The van der Waals surface area contributed by atoms with E-state index in [2.05, 4.69) is 4.98 Å². The minimum Gasteiger partial charge on any atom is -0.469 e. The number of esters is 1. The van der Waals surface area contributed by atoms with Crippen LogP contribution < -0.4 is 0 Å². The first-order valence-corrected chi connectivity index (χ1v) is 5.69. The summed E-state index contributed by atoms with van der Waals surface area (Å²) in [6.07, 6.45) is 2.46. The van der Waals surface area contributed by atoms with Gasteiger partial charge in [-0.3, -0.25) is 9.78 Å². The summed E-state index contributed by atoms with van der Waals surface area (Å²) in [5, 5.41) is 1.05. The number of carbonyl (C=O) groups excluding carboxylic acids is 1. The molecule has 0 N–H and O–H groups in total. The number of aromatic nitrogens is 1. The third-order valence-corrected chi connectivity index (χ3v) is 2.93. The number of rotatable bonds is 3. The van der Waals surface area contributed by atoms with Gasteiger partial charge in [0.15, 0.2) is 0 Å². The average molecular weight is 229 g/mol. The monoisotopic (exact) mass is 229 g/mol. The Morgan fingerprint density at radius 1 is 1.35 bits per heavy atom. The van der Waals surface area contributed by atoms with Crippen LogP contribution >= 0.6 is 0 Å². The number of para-hydroxylation sites is 1. The zero-order valence-corrected chi connectivity index (χ0v) is 10.0. The van der Waals surface area contributed by atoms with Gasteiger partial charge in [-0.1, -0.05) is 31.2 Å². The Hall–Kier alpha value is -1.90. The van der Waals surface area contributed by atoms with E-state index in [0.29, 0.717) is 6.42 Å². The minimum absolute atomic E-state index is 0.203. The van der Waals surface area contributed by atoms with Gasteiger partial charge >= 0.3 is 5.97 Å². The van der Waals surface area contributed by atoms with E-state index in [1.54, 1.807) is 6.20 Å². The first-order chi connectivity index (χ1) is 8.27. The van der Waals surface area contributed by atoms with Crippen molar-refractivity contribution in [1.29, 1.82) is 0 Å². The highest BCUT2D eigenvalue weighted by atomic mass is 16.5. The van der Waals surface area contributed by atoms with Crippen molar-refractivity contribution in [2.45, 2.75) is 19.3 Å². The minimum atomic E-state index is -0.237. The van der Waals surface area contributed by atoms with Crippen molar-refractivity contribution in [3.05, 3.63) is 42.1 Å². The molecule has 17 heavy (non-hydrogen) atoms. The van der Waals surface area contributed by atoms with Crippen LogP contribution in [-0.4, -0.2) is 18.1 Å². The van der Waals surface area contributed by atoms with E-state index in [0.717, 1.165) is 16.5 Å². The molecular weight excluding hydrogens is 214 g/mol. The molecule has 0 fully saturated rings. The molecule has 1 unspecified atom stereocenters. The van der Waals surface area contributed by atoms with Crippen molar-refractivity contribution in [2.75, 3.05) is 7.11 Å². The normalized spacial score (nSPS) is 12.4. The number of fused-ring (bicyclic) bond motifs is 1. The van der Waals surface area contributed by atoms with Gasteiger partial charge in [-0.15, -0.1) is 0 Å². The van der Waals surface area contributed by atoms with Gasteiger partial charge in [0, 0.05) is 11.6 Å². The molecule has 0 aliphatic carbocycles. The molecular formula is C14H15NO2. The van der Waals surface area contributed by atoms with Crippen molar-refractivity contribution >= 4 is 16.9 Å². The lowest BCUT2D eigenvalue weighted by atomic mass is 9.94. The van der Waals surface area contributed by atoms with E-state index in [1.807, 2.05) is 37.3 Å². The van der Waals surface area contributed by atoms with Gasteiger partial charge in [0.05, 0.1) is 18.5 Å². The maximum atomic E-state index is 11.7. The van der Waals surface area contributed by atoms with Crippen molar-refractivity contribution in [3.8, 4) is 0 Å². The SMILES string of the molecule is CCC(C(=O)OC)c1cccc2cccnc12. The lowest BCUT2D eigenvalue weighted by molar-refractivity contribution is -0.142. The molecule has 1 aromatic carbocycles. The van der Waals surface area contributed by atoms with Crippen LogP contribution in [0, 0.1) is 0 Å². The van der Waals surface area contributed by atoms with Gasteiger partial charge in [-0.2, -0.15) is 0 Å². The van der Waals surface area contributed by atoms with E-state index in [-0.39, 0.29) is 11.9 Å². The van der Waals surface area contributed by atoms with Gasteiger partial charge < -0.3 is 4.74 Å². The summed E-state index contributed by atoms with van der Waals surface area (Å²) in [5.74, 6) is -0.441. The molecule has 0 radical (unpaired) electrons. The number of ether oxygens (including phenoxy) is 1. The van der Waals surface area contributed by atoms with E-state index in [4.69, 9.17) is 4.74 Å². The zero-order chi connectivity index (χ0) is 12.3. The molecule has 0 spiro atoms. The quantitative estimate of drug-likeness (QED) is 0.760. The molecule has 1 atom stereocenters. The first-order valence-electron chi connectivity index (χ1n) is 5.69. The average Bonchev–Trinajstić information content (AvgIpc) is 2.39. The Balaban J connectivity index is 2.57. The number of benzene rings is 1. The van der Waals surface area contributed by atoms with Crippen LogP contribution in [0.4, 0.5) is 0 Å². The maximum Gasteiger partial charge on any atom is 0.313 e. The molecule has 0 aliphatic rings. The van der Waals surface area contributed by atoms with Crippen LogP contribution in [-0.2, 0) is 9.53 Å². The third kappa shape index (κ3) is 2.13. The lowest BCUT2D eigenvalue weighted by Crippen LogP contribution is -2.14. The van der Waals surface area contributed by atoms with Gasteiger partial charge in [0.1, 0.15) is 0 Å². The molecule has 1 heterocycles. The summed E-state index contributed by atoms with van der Waals surface area (Å²) in [6.45, 7) is 1.98. The molecule has 0 saturated heterocycles.